The van der Waals surface area contributed by atoms with Gasteiger partial charge in [-0.3, -0.25) is 10.3 Å². The van der Waals surface area contributed by atoms with Crippen molar-refractivity contribution in [3.05, 3.63) is 35.1 Å². The van der Waals surface area contributed by atoms with E-state index >= 15 is 0 Å². The van der Waals surface area contributed by atoms with Crippen LogP contribution in [0.25, 0.3) is 0 Å². The number of benzene rings is 1. The van der Waals surface area contributed by atoms with Crippen LogP contribution in [0.1, 0.15) is 31.4 Å². The first-order chi connectivity index (χ1) is 8.95. The maximum absolute atomic E-state index is 13.9. The van der Waals surface area contributed by atoms with Crippen LogP contribution in [0.2, 0.25) is 0 Å². The fourth-order valence-electron chi connectivity index (χ4n) is 1.86. The summed E-state index contributed by atoms with van der Waals surface area (Å²) in [4.78, 5) is 2.10. The zero-order valence-corrected chi connectivity index (χ0v) is 11.5. The number of halogens is 1. The number of aliphatic hydroxyl groups is 1. The first-order valence-electron chi connectivity index (χ1n) is 6.43. The first-order valence-corrected chi connectivity index (χ1v) is 6.43. The van der Waals surface area contributed by atoms with Crippen LogP contribution < -0.4 is 5.73 Å². The van der Waals surface area contributed by atoms with E-state index in [0.29, 0.717) is 24.1 Å². The van der Waals surface area contributed by atoms with Crippen molar-refractivity contribution in [1.82, 2.24) is 4.90 Å². The highest BCUT2D eigenvalue weighted by Crippen LogP contribution is 2.14. The summed E-state index contributed by atoms with van der Waals surface area (Å²) >= 11 is 0. The number of hydrogen-bond donors (Lipinski definition) is 3. The summed E-state index contributed by atoms with van der Waals surface area (Å²) in [6.45, 7) is 5.43. The van der Waals surface area contributed by atoms with Gasteiger partial charge in [0.25, 0.3) is 0 Å². The van der Waals surface area contributed by atoms with Crippen LogP contribution >= 0.6 is 0 Å². The first kappa shape index (κ1) is 15.6. The zero-order valence-electron chi connectivity index (χ0n) is 11.5. The molecule has 4 N–H and O–H groups in total. The molecule has 4 nitrogen and oxygen atoms in total. The van der Waals surface area contributed by atoms with E-state index in [1.54, 1.807) is 12.1 Å². The van der Waals surface area contributed by atoms with E-state index in [-0.39, 0.29) is 24.3 Å². The van der Waals surface area contributed by atoms with E-state index in [1.165, 1.54) is 6.07 Å². The molecule has 0 spiro atoms. The number of nitrogens with one attached hydrogen (secondary N) is 1. The largest absolute Gasteiger partial charge is 0.396 e. The summed E-state index contributed by atoms with van der Waals surface area (Å²) in [5.74, 6) is -0.478. The third-order valence-corrected chi connectivity index (χ3v) is 3.07. The lowest BCUT2D eigenvalue weighted by Gasteiger charge is -2.26. The summed E-state index contributed by atoms with van der Waals surface area (Å²) in [5.41, 5.74) is 6.30. The molecular formula is C14H22FN3O. The second kappa shape index (κ2) is 7.21. The smallest absolute Gasteiger partial charge is 0.128 e. The molecule has 0 saturated carbocycles. The second-order valence-corrected chi connectivity index (χ2v) is 4.86. The number of aliphatic hydroxyl groups excluding tert-OH is 1. The Labute approximate surface area is 113 Å². The summed E-state index contributed by atoms with van der Waals surface area (Å²) in [5, 5.41) is 16.2. The monoisotopic (exact) mass is 267 g/mol. The predicted octanol–water partition coefficient (Wildman–Crippen LogP) is 1.70. The molecule has 0 aliphatic rings. The Balaban J connectivity index is 2.81. The molecule has 0 saturated heterocycles. The standard InChI is InChI=1S/C14H22FN3O/c1-10(2)18(6-3-7-19)9-12-5-4-11(14(16)17)8-13(12)15/h4-5,8,10,19H,3,6-7,9H2,1-2H3,(H3,16,17). The second-order valence-electron chi connectivity index (χ2n) is 4.86. The molecule has 0 fully saturated rings. The van der Waals surface area contributed by atoms with Gasteiger partial charge in [0.15, 0.2) is 0 Å². The minimum absolute atomic E-state index is 0.133. The third-order valence-electron chi connectivity index (χ3n) is 3.07. The minimum Gasteiger partial charge on any atom is -0.396 e. The lowest BCUT2D eigenvalue weighted by Crippen LogP contribution is -2.32. The highest BCUT2D eigenvalue weighted by atomic mass is 19.1. The van der Waals surface area contributed by atoms with Crippen molar-refractivity contribution in [1.29, 1.82) is 5.41 Å². The minimum atomic E-state index is -0.345. The van der Waals surface area contributed by atoms with Crippen LogP contribution in [0, 0.1) is 11.2 Å². The highest BCUT2D eigenvalue weighted by molar-refractivity contribution is 5.94. The van der Waals surface area contributed by atoms with Gasteiger partial charge in [0, 0.05) is 36.9 Å². The Morgan fingerprint density at radius 2 is 2.16 bits per heavy atom. The predicted molar refractivity (Wildman–Crippen MR) is 74.7 cm³/mol. The molecule has 0 bridgehead atoms. The van der Waals surface area contributed by atoms with Crippen molar-refractivity contribution in [2.75, 3.05) is 13.2 Å². The van der Waals surface area contributed by atoms with Gasteiger partial charge in [0.1, 0.15) is 11.7 Å². The fourth-order valence-corrected chi connectivity index (χ4v) is 1.86. The zero-order chi connectivity index (χ0) is 14.4. The van der Waals surface area contributed by atoms with Crippen LogP contribution in [-0.2, 0) is 6.54 Å². The fraction of sp³-hybridized carbons (Fsp3) is 0.500. The Kier molecular flexibility index (Phi) is 5.92. The van der Waals surface area contributed by atoms with Crippen LogP contribution in [-0.4, -0.2) is 35.0 Å². The molecule has 0 aliphatic carbocycles. The third kappa shape index (κ3) is 4.61. The molecule has 0 aromatic heterocycles. The van der Waals surface area contributed by atoms with Crippen molar-refractivity contribution in [2.45, 2.75) is 32.9 Å². The van der Waals surface area contributed by atoms with Gasteiger partial charge in [-0.25, -0.2) is 4.39 Å². The number of amidine groups is 1. The van der Waals surface area contributed by atoms with Gasteiger partial charge in [-0.05, 0) is 26.3 Å². The molecule has 5 heteroatoms. The van der Waals surface area contributed by atoms with E-state index in [1.807, 2.05) is 13.8 Å². The van der Waals surface area contributed by atoms with Gasteiger partial charge in [-0.2, -0.15) is 0 Å². The van der Waals surface area contributed by atoms with Crippen molar-refractivity contribution in [2.24, 2.45) is 5.73 Å². The quantitative estimate of drug-likeness (QED) is 0.520. The van der Waals surface area contributed by atoms with Crippen LogP contribution in [0.5, 0.6) is 0 Å². The van der Waals surface area contributed by atoms with Crippen molar-refractivity contribution >= 4 is 5.84 Å². The number of hydrogen-bond acceptors (Lipinski definition) is 3. The van der Waals surface area contributed by atoms with E-state index in [9.17, 15) is 4.39 Å². The SMILES string of the molecule is CC(C)N(CCCO)Cc1ccc(C(=N)N)cc1F. The molecule has 0 amide bonds. The molecule has 0 atom stereocenters. The van der Waals surface area contributed by atoms with E-state index in [2.05, 4.69) is 4.90 Å². The number of nitrogen functional groups attached to an aromatic ring is 1. The molecule has 106 valence electrons. The van der Waals surface area contributed by atoms with Gasteiger partial charge in [0.05, 0.1) is 0 Å². The van der Waals surface area contributed by atoms with Crippen LogP contribution in [0.3, 0.4) is 0 Å². The normalized spacial score (nSPS) is 11.3. The molecule has 0 radical (unpaired) electrons. The summed E-state index contributed by atoms with van der Waals surface area (Å²) in [7, 11) is 0. The van der Waals surface area contributed by atoms with Gasteiger partial charge in [-0.1, -0.05) is 12.1 Å². The molecule has 1 aromatic rings. The Hall–Kier alpha value is -1.46. The molecular weight excluding hydrogens is 245 g/mol. The average Bonchev–Trinajstić information content (AvgIpc) is 2.35. The van der Waals surface area contributed by atoms with Gasteiger partial charge < -0.3 is 10.8 Å². The summed E-state index contributed by atoms with van der Waals surface area (Å²) < 4.78 is 13.9. The molecule has 19 heavy (non-hydrogen) atoms. The lowest BCUT2D eigenvalue weighted by atomic mass is 10.1. The Morgan fingerprint density at radius 1 is 1.47 bits per heavy atom. The van der Waals surface area contributed by atoms with Crippen LogP contribution in [0.4, 0.5) is 4.39 Å². The summed E-state index contributed by atoms with van der Waals surface area (Å²) in [6.07, 6.45) is 0.672. The van der Waals surface area contributed by atoms with Gasteiger partial charge in [0.2, 0.25) is 0 Å². The number of rotatable bonds is 7. The van der Waals surface area contributed by atoms with E-state index < -0.39 is 0 Å². The maximum Gasteiger partial charge on any atom is 0.128 e. The van der Waals surface area contributed by atoms with E-state index in [4.69, 9.17) is 16.2 Å². The molecule has 0 heterocycles. The lowest BCUT2D eigenvalue weighted by molar-refractivity contribution is 0.183. The van der Waals surface area contributed by atoms with E-state index in [0.717, 1.165) is 6.54 Å². The van der Waals surface area contributed by atoms with Crippen LogP contribution in [0.15, 0.2) is 18.2 Å². The summed E-state index contributed by atoms with van der Waals surface area (Å²) in [6, 6.07) is 4.90. The Morgan fingerprint density at radius 3 is 2.63 bits per heavy atom. The molecule has 0 aliphatic heterocycles. The molecule has 1 aromatic carbocycles. The average molecular weight is 267 g/mol. The van der Waals surface area contributed by atoms with Crippen molar-refractivity contribution in [3.8, 4) is 0 Å². The Bertz CT molecular complexity index is 435. The molecule has 0 unspecified atom stereocenters. The maximum atomic E-state index is 13.9. The van der Waals surface area contributed by atoms with Gasteiger partial charge >= 0.3 is 0 Å². The van der Waals surface area contributed by atoms with Crippen molar-refractivity contribution in [3.63, 3.8) is 0 Å². The van der Waals surface area contributed by atoms with Crippen molar-refractivity contribution < 1.29 is 9.50 Å². The number of nitrogens with two attached hydrogens (primary N) is 1. The highest BCUT2D eigenvalue weighted by Gasteiger charge is 2.13. The van der Waals surface area contributed by atoms with Gasteiger partial charge in [-0.15, -0.1) is 0 Å². The topological polar surface area (TPSA) is 73.3 Å². The number of nitrogens with zero attached hydrogens (tertiary/aromatic N) is 1. The molecule has 1 rings (SSSR count).